The summed E-state index contributed by atoms with van der Waals surface area (Å²) in [7, 11) is -3.71. The molecule has 26 heavy (non-hydrogen) atoms. The fourth-order valence-corrected chi connectivity index (χ4v) is 9.90. The van der Waals surface area contributed by atoms with Gasteiger partial charge in [-0.05, 0) is 36.3 Å². The maximum atomic E-state index is 10.0. The minimum Gasteiger partial charge on any atom is -0.411 e. The summed E-state index contributed by atoms with van der Waals surface area (Å²) in [6.07, 6.45) is -0.323. The Balaban J connectivity index is 3.17. The number of ether oxygens (including phenoxy) is 1. The van der Waals surface area contributed by atoms with E-state index in [0.29, 0.717) is 6.42 Å². The molecule has 1 aliphatic rings. The summed E-state index contributed by atoms with van der Waals surface area (Å²) in [5, 5.41) is 14.6. The first-order valence-corrected chi connectivity index (χ1v) is 15.7. The molecule has 0 aliphatic carbocycles. The smallest absolute Gasteiger partial charge is 0.210 e. The molecule has 0 spiro atoms. The lowest BCUT2D eigenvalue weighted by Crippen LogP contribution is -2.59. The van der Waals surface area contributed by atoms with Gasteiger partial charge in [-0.1, -0.05) is 41.5 Å². The van der Waals surface area contributed by atoms with Crippen LogP contribution in [0.25, 0.3) is 0 Å². The highest BCUT2D eigenvalue weighted by atomic mass is 28.4. The van der Waals surface area contributed by atoms with E-state index in [9.17, 15) is 5.11 Å². The molecule has 2 N–H and O–H groups in total. The standard InChI is InChI=1S/C19H42O5Si2/c1-7-25(8-2,9-3)23-17-13-16(14-20)22-18(15-21)19(17)24-26(10-4,11-5)12-6/h16-21H,7-15H2,1-6H3/t16-,17-,18-,19-/m1/s1/i20D. The van der Waals surface area contributed by atoms with Crippen molar-refractivity contribution in [2.45, 2.75) is 109 Å². The van der Waals surface area contributed by atoms with E-state index in [-0.39, 0.29) is 31.5 Å². The van der Waals surface area contributed by atoms with E-state index in [2.05, 4.69) is 46.7 Å². The summed E-state index contributed by atoms with van der Waals surface area (Å²) < 4.78 is 26.8. The minimum absolute atomic E-state index is 0.0976. The Hall–Kier alpha value is 0.234. The van der Waals surface area contributed by atoms with Crippen LogP contribution in [-0.2, 0) is 13.6 Å². The third-order valence-corrected chi connectivity index (χ3v) is 15.9. The number of aliphatic hydroxyl groups excluding tert-OH is 2. The predicted molar refractivity (Wildman–Crippen MR) is 112 cm³/mol. The lowest BCUT2D eigenvalue weighted by molar-refractivity contribution is -0.178. The molecule has 5 nitrogen and oxygen atoms in total. The highest BCUT2D eigenvalue weighted by Crippen LogP contribution is 2.35. The zero-order valence-electron chi connectivity index (χ0n) is 18.8. The molecule has 156 valence electrons. The van der Waals surface area contributed by atoms with E-state index in [1.54, 1.807) is 0 Å². The monoisotopic (exact) mass is 407 g/mol. The van der Waals surface area contributed by atoms with Crippen molar-refractivity contribution in [2.24, 2.45) is 0 Å². The fraction of sp³-hybridized carbons (Fsp3) is 1.00. The van der Waals surface area contributed by atoms with Crippen LogP contribution in [0.2, 0.25) is 36.3 Å². The van der Waals surface area contributed by atoms with Crippen LogP contribution in [0.15, 0.2) is 0 Å². The SMILES string of the molecule is [2H]OC[C@H]1C[C@@H](O[Si](CC)(CC)CC)[C@@H](O[Si](CC)(CC)CC)[C@@H](CO)O1. The van der Waals surface area contributed by atoms with Gasteiger partial charge in [0.05, 0.1) is 31.5 Å². The minimum atomic E-state index is -1.88. The molecule has 0 bridgehead atoms. The Labute approximate surface area is 164 Å². The average molecular weight is 408 g/mol. The number of aliphatic hydroxyl groups is 2. The Kier molecular flexibility index (Phi) is 9.78. The van der Waals surface area contributed by atoms with Crippen molar-refractivity contribution >= 4 is 16.6 Å². The van der Waals surface area contributed by atoms with E-state index < -0.39 is 22.7 Å². The maximum absolute atomic E-state index is 10.0. The highest BCUT2D eigenvalue weighted by molar-refractivity contribution is 6.74. The third kappa shape index (κ3) is 5.62. The number of hydrogen-bond donors (Lipinski definition) is 2. The Bertz CT molecular complexity index is 391. The van der Waals surface area contributed by atoms with Gasteiger partial charge in [0.2, 0.25) is 1.43 Å². The molecule has 0 aromatic heterocycles. The average Bonchev–Trinajstić information content (AvgIpc) is 2.71. The largest absolute Gasteiger partial charge is 0.411 e. The molecule has 0 unspecified atom stereocenters. The summed E-state index contributed by atoms with van der Waals surface area (Å²) in [4.78, 5) is 0. The van der Waals surface area contributed by atoms with Gasteiger partial charge in [-0.25, -0.2) is 0 Å². The van der Waals surface area contributed by atoms with Gasteiger partial charge in [0, 0.05) is 6.42 Å². The molecule has 1 heterocycles. The third-order valence-electron chi connectivity index (χ3n) is 6.61. The Morgan fingerprint density at radius 1 is 0.885 bits per heavy atom. The van der Waals surface area contributed by atoms with Crippen LogP contribution in [0.1, 0.15) is 48.0 Å². The second-order valence-corrected chi connectivity index (χ2v) is 17.1. The number of hydrogen-bond acceptors (Lipinski definition) is 5. The van der Waals surface area contributed by atoms with Crippen LogP contribution in [0.5, 0.6) is 0 Å². The maximum Gasteiger partial charge on any atom is 0.210 e. The van der Waals surface area contributed by atoms with Gasteiger partial charge in [0.1, 0.15) is 6.10 Å². The topological polar surface area (TPSA) is 68.2 Å². The van der Waals surface area contributed by atoms with Gasteiger partial charge >= 0.3 is 0 Å². The van der Waals surface area contributed by atoms with Crippen molar-refractivity contribution in [1.29, 1.82) is 1.43 Å². The molecule has 0 amide bonds. The van der Waals surface area contributed by atoms with Crippen LogP contribution in [0.3, 0.4) is 0 Å². The van der Waals surface area contributed by atoms with Gasteiger partial charge in [-0.3, -0.25) is 0 Å². The summed E-state index contributed by atoms with van der Waals surface area (Å²) in [6.45, 7) is 13.4. The first-order chi connectivity index (χ1) is 12.9. The molecule has 1 rings (SSSR count). The van der Waals surface area contributed by atoms with E-state index in [1.807, 2.05) is 0 Å². The quantitative estimate of drug-likeness (QED) is 0.453. The molecule has 4 atom stereocenters. The second kappa shape index (κ2) is 11.3. The van der Waals surface area contributed by atoms with Gasteiger partial charge in [0.25, 0.3) is 0 Å². The van der Waals surface area contributed by atoms with Gasteiger partial charge in [-0.15, -0.1) is 0 Å². The zero-order valence-corrected chi connectivity index (χ0v) is 19.8. The summed E-state index contributed by atoms with van der Waals surface area (Å²) in [6, 6.07) is 6.39. The van der Waals surface area contributed by atoms with E-state index in [0.717, 1.165) is 36.3 Å². The molecule has 1 fully saturated rings. The van der Waals surface area contributed by atoms with Crippen LogP contribution in [-0.4, -0.2) is 65.9 Å². The van der Waals surface area contributed by atoms with Crippen molar-refractivity contribution < 1.29 is 23.8 Å². The van der Waals surface area contributed by atoms with Gasteiger partial charge in [0.15, 0.2) is 16.6 Å². The second-order valence-electron chi connectivity index (χ2n) is 7.61. The van der Waals surface area contributed by atoms with E-state index in [1.165, 1.54) is 0 Å². The molecule has 0 saturated carbocycles. The van der Waals surface area contributed by atoms with Crippen molar-refractivity contribution in [1.82, 2.24) is 0 Å². The first kappa shape index (κ1) is 22.5. The summed E-state index contributed by atoms with van der Waals surface area (Å²) in [5.41, 5.74) is 0. The van der Waals surface area contributed by atoms with Crippen molar-refractivity contribution in [3.8, 4) is 0 Å². The Morgan fingerprint density at radius 2 is 1.38 bits per heavy atom. The molecule has 0 radical (unpaired) electrons. The van der Waals surface area contributed by atoms with E-state index in [4.69, 9.17) is 15.0 Å². The molecule has 1 aliphatic heterocycles. The summed E-state index contributed by atoms with van der Waals surface area (Å²) in [5.74, 6) is 0. The van der Waals surface area contributed by atoms with Crippen molar-refractivity contribution in [3.05, 3.63) is 0 Å². The molecular formula is C19H42O5Si2. The lowest BCUT2D eigenvalue weighted by Gasteiger charge is -2.47. The Morgan fingerprint density at radius 3 is 1.81 bits per heavy atom. The van der Waals surface area contributed by atoms with Crippen molar-refractivity contribution in [2.75, 3.05) is 13.2 Å². The van der Waals surface area contributed by atoms with Crippen LogP contribution in [0, 0.1) is 0 Å². The first-order valence-electron chi connectivity index (χ1n) is 11.0. The van der Waals surface area contributed by atoms with E-state index >= 15 is 0 Å². The molecule has 1 saturated heterocycles. The molecule has 7 heteroatoms. The van der Waals surface area contributed by atoms with Crippen LogP contribution < -0.4 is 0 Å². The fourth-order valence-electron chi connectivity index (χ4n) is 4.14. The van der Waals surface area contributed by atoms with Gasteiger partial charge < -0.3 is 23.8 Å². The zero-order chi connectivity index (χ0) is 20.5. The highest BCUT2D eigenvalue weighted by Gasteiger charge is 2.46. The van der Waals surface area contributed by atoms with Crippen LogP contribution in [0.4, 0.5) is 0 Å². The van der Waals surface area contributed by atoms with Gasteiger partial charge in [-0.2, -0.15) is 0 Å². The van der Waals surface area contributed by atoms with Crippen molar-refractivity contribution in [3.63, 3.8) is 0 Å². The normalized spacial score (nSPS) is 28.2. The summed E-state index contributed by atoms with van der Waals surface area (Å²) >= 11 is 0. The predicted octanol–water partition coefficient (Wildman–Crippen LogP) is 3.91. The lowest BCUT2D eigenvalue weighted by atomic mass is 9.98. The van der Waals surface area contributed by atoms with Crippen LogP contribution >= 0.6 is 0 Å². The molecular weight excluding hydrogens is 364 g/mol. The number of rotatable bonds is 13. The molecule has 0 aromatic rings. The molecule has 0 aromatic carbocycles.